The number of nitrogens with one attached hydrogen (secondary N) is 1. The molecule has 2 heterocycles. The lowest BCUT2D eigenvalue weighted by molar-refractivity contribution is -0.121. The Balaban J connectivity index is 1.32. The first-order valence-corrected chi connectivity index (χ1v) is 11.1. The largest absolute Gasteiger partial charge is 0.439 e. The first-order valence-electron chi connectivity index (χ1n) is 9.62. The van der Waals surface area contributed by atoms with Crippen molar-refractivity contribution >= 4 is 21.8 Å². The molecule has 4 rings (SSSR count). The van der Waals surface area contributed by atoms with E-state index in [-0.39, 0.29) is 35.5 Å². The van der Waals surface area contributed by atoms with Crippen LogP contribution in [-0.4, -0.2) is 43.6 Å². The van der Waals surface area contributed by atoms with Crippen molar-refractivity contribution in [2.75, 3.05) is 13.6 Å². The van der Waals surface area contributed by atoms with Crippen LogP contribution < -0.4 is 10.1 Å². The maximum Gasteiger partial charge on any atom is 0.285 e. The molecule has 0 unspecified atom stereocenters. The second-order valence-electron chi connectivity index (χ2n) is 7.08. The monoisotopic (exact) mass is 454 g/mol. The Bertz CT molecular complexity index is 1280. The normalized spacial score (nSPS) is 13.8. The summed E-state index contributed by atoms with van der Waals surface area (Å²) in [6.45, 7) is 0.166. The summed E-state index contributed by atoms with van der Waals surface area (Å²) in [5.41, 5.74) is 1.22. The number of hydrogen-bond acceptors (Lipinski definition) is 6. The predicted molar refractivity (Wildman–Crippen MR) is 115 cm³/mol. The van der Waals surface area contributed by atoms with E-state index in [1.807, 2.05) is 0 Å². The molecule has 1 amide bonds. The minimum absolute atomic E-state index is 0.0676. The van der Waals surface area contributed by atoms with Crippen molar-refractivity contribution in [2.24, 2.45) is 4.40 Å². The second kappa shape index (κ2) is 8.75. The fourth-order valence-electron chi connectivity index (χ4n) is 3.11. The number of ether oxygens (including phenoxy) is 1. The van der Waals surface area contributed by atoms with Crippen molar-refractivity contribution in [2.45, 2.75) is 11.4 Å². The van der Waals surface area contributed by atoms with Crippen LogP contribution in [0, 0.1) is 5.82 Å². The van der Waals surface area contributed by atoms with Gasteiger partial charge in [-0.1, -0.05) is 18.2 Å². The van der Waals surface area contributed by atoms with Gasteiger partial charge in [0.15, 0.2) is 5.84 Å². The fourth-order valence-corrected chi connectivity index (χ4v) is 4.36. The van der Waals surface area contributed by atoms with Gasteiger partial charge in [0.25, 0.3) is 10.0 Å². The lowest BCUT2D eigenvalue weighted by Crippen LogP contribution is -2.38. The van der Waals surface area contributed by atoms with E-state index in [2.05, 4.69) is 14.7 Å². The van der Waals surface area contributed by atoms with Gasteiger partial charge in [-0.05, 0) is 42.0 Å². The third-order valence-corrected chi connectivity index (χ3v) is 6.00. The molecule has 0 bridgehead atoms. The standard InChI is InChI=1S/C22H19FN4O4S/c1-27(22-18-4-2-3-5-19(18)32(29,30)26-22)14-20(28)24-12-15-6-11-21(25-13-15)31-17-9-7-16(23)8-10-17/h2-11,13H,12,14H2,1H3,(H,24,28). The lowest BCUT2D eigenvalue weighted by Gasteiger charge is -2.18. The van der Waals surface area contributed by atoms with Gasteiger partial charge in [0.2, 0.25) is 11.8 Å². The molecule has 2 aromatic carbocycles. The highest BCUT2D eigenvalue weighted by atomic mass is 32.2. The summed E-state index contributed by atoms with van der Waals surface area (Å²) in [6, 6.07) is 15.5. The maximum atomic E-state index is 13.0. The van der Waals surface area contributed by atoms with Gasteiger partial charge in [0.05, 0.1) is 6.54 Å². The highest BCUT2D eigenvalue weighted by Crippen LogP contribution is 2.26. The molecular weight excluding hydrogens is 435 g/mol. The Morgan fingerprint density at radius 1 is 1.09 bits per heavy atom. The molecule has 32 heavy (non-hydrogen) atoms. The molecular formula is C22H19FN4O4S. The molecule has 3 aromatic rings. The second-order valence-corrected chi connectivity index (χ2v) is 8.65. The third kappa shape index (κ3) is 4.75. The Morgan fingerprint density at radius 2 is 1.84 bits per heavy atom. The summed E-state index contributed by atoms with van der Waals surface area (Å²) < 4.78 is 46.6. The predicted octanol–water partition coefficient (Wildman–Crippen LogP) is 2.71. The summed E-state index contributed by atoms with van der Waals surface area (Å²) in [5, 5.41) is 2.77. The number of rotatable bonds is 6. The molecule has 0 radical (unpaired) electrons. The zero-order valence-electron chi connectivity index (χ0n) is 17.0. The van der Waals surface area contributed by atoms with Crippen LogP contribution in [0.4, 0.5) is 4.39 Å². The maximum absolute atomic E-state index is 13.0. The summed E-state index contributed by atoms with van der Waals surface area (Å²) in [5.74, 6) is 0.378. The van der Waals surface area contributed by atoms with Crippen molar-refractivity contribution in [3.05, 3.63) is 83.8 Å². The number of likely N-dealkylation sites (N-methyl/N-ethyl adjacent to an activating group) is 1. The fraction of sp³-hybridized carbons (Fsp3) is 0.136. The van der Waals surface area contributed by atoms with E-state index in [4.69, 9.17) is 4.74 Å². The lowest BCUT2D eigenvalue weighted by atomic mass is 10.2. The van der Waals surface area contributed by atoms with Crippen LogP contribution in [0.5, 0.6) is 11.6 Å². The van der Waals surface area contributed by atoms with E-state index in [1.54, 1.807) is 43.6 Å². The molecule has 0 spiro atoms. The number of fused-ring (bicyclic) bond motifs is 1. The molecule has 1 aliphatic rings. The highest BCUT2D eigenvalue weighted by Gasteiger charge is 2.30. The zero-order valence-corrected chi connectivity index (χ0v) is 17.8. The molecule has 0 saturated carbocycles. The number of aromatic nitrogens is 1. The Kier molecular flexibility index (Phi) is 5.87. The van der Waals surface area contributed by atoms with E-state index in [9.17, 15) is 17.6 Å². The van der Waals surface area contributed by atoms with E-state index in [0.29, 0.717) is 17.2 Å². The van der Waals surface area contributed by atoms with Crippen LogP contribution in [0.3, 0.4) is 0 Å². The van der Waals surface area contributed by atoms with Gasteiger partial charge in [0.1, 0.15) is 16.5 Å². The Labute approximate surface area is 184 Å². The first-order chi connectivity index (χ1) is 15.3. The number of pyridine rings is 1. The number of amides is 1. The van der Waals surface area contributed by atoms with Crippen LogP contribution in [0.25, 0.3) is 0 Å². The van der Waals surface area contributed by atoms with Crippen LogP contribution in [-0.2, 0) is 21.4 Å². The summed E-state index contributed by atoms with van der Waals surface area (Å²) in [4.78, 5) is 18.2. The Hall–Kier alpha value is -3.79. The van der Waals surface area contributed by atoms with Crippen LogP contribution in [0.2, 0.25) is 0 Å². The number of sulfonamides is 1. The minimum Gasteiger partial charge on any atom is -0.439 e. The minimum atomic E-state index is -3.74. The van der Waals surface area contributed by atoms with Gasteiger partial charge in [-0.15, -0.1) is 4.40 Å². The van der Waals surface area contributed by atoms with Crippen LogP contribution in [0.1, 0.15) is 11.1 Å². The average Bonchev–Trinajstić information content (AvgIpc) is 3.06. The highest BCUT2D eigenvalue weighted by molar-refractivity contribution is 7.90. The quantitative estimate of drug-likeness (QED) is 0.615. The molecule has 164 valence electrons. The smallest absolute Gasteiger partial charge is 0.285 e. The number of nitrogens with zero attached hydrogens (tertiary/aromatic N) is 3. The van der Waals surface area contributed by atoms with Crippen molar-refractivity contribution in [1.29, 1.82) is 0 Å². The first kappa shape index (κ1) is 21.4. The van der Waals surface area contributed by atoms with Crippen LogP contribution in [0.15, 0.2) is 76.2 Å². The van der Waals surface area contributed by atoms with Gasteiger partial charge in [-0.3, -0.25) is 4.79 Å². The molecule has 1 aliphatic heterocycles. The molecule has 0 fully saturated rings. The van der Waals surface area contributed by atoms with E-state index < -0.39 is 10.0 Å². The van der Waals surface area contributed by atoms with E-state index in [0.717, 1.165) is 5.56 Å². The Morgan fingerprint density at radius 3 is 2.56 bits per heavy atom. The number of amidine groups is 1. The van der Waals surface area contributed by atoms with Crippen molar-refractivity contribution in [3.63, 3.8) is 0 Å². The van der Waals surface area contributed by atoms with Crippen molar-refractivity contribution < 1.29 is 22.3 Å². The van der Waals surface area contributed by atoms with Gasteiger partial charge in [-0.25, -0.2) is 9.37 Å². The van der Waals surface area contributed by atoms with Gasteiger partial charge < -0.3 is 15.0 Å². The SMILES string of the molecule is CN(CC(=O)NCc1ccc(Oc2ccc(F)cc2)nc1)C1=NS(=O)(=O)c2ccccc21. The topological polar surface area (TPSA) is 101 Å². The number of carbonyl (C=O) groups is 1. The van der Waals surface area contributed by atoms with Crippen molar-refractivity contribution in [3.8, 4) is 11.6 Å². The van der Waals surface area contributed by atoms with Crippen LogP contribution >= 0.6 is 0 Å². The molecule has 1 aromatic heterocycles. The third-order valence-electron chi connectivity index (χ3n) is 4.68. The number of carbonyl (C=O) groups excluding carboxylic acids is 1. The number of hydrogen-bond donors (Lipinski definition) is 1. The zero-order chi connectivity index (χ0) is 22.7. The number of benzene rings is 2. The molecule has 10 heteroatoms. The van der Waals surface area contributed by atoms with Gasteiger partial charge in [-0.2, -0.15) is 8.42 Å². The molecule has 0 aliphatic carbocycles. The summed E-state index contributed by atoms with van der Waals surface area (Å²) in [7, 11) is -2.13. The van der Waals surface area contributed by atoms with Gasteiger partial charge >= 0.3 is 0 Å². The summed E-state index contributed by atoms with van der Waals surface area (Å²) >= 11 is 0. The molecule has 1 N–H and O–H groups in total. The van der Waals surface area contributed by atoms with Crippen molar-refractivity contribution in [1.82, 2.24) is 15.2 Å². The molecule has 0 atom stereocenters. The van der Waals surface area contributed by atoms with Gasteiger partial charge in [0, 0.05) is 31.4 Å². The average molecular weight is 454 g/mol. The number of halogens is 1. The van der Waals surface area contributed by atoms with E-state index >= 15 is 0 Å². The molecule has 0 saturated heterocycles. The molecule has 8 nitrogen and oxygen atoms in total. The van der Waals surface area contributed by atoms with E-state index in [1.165, 1.54) is 35.2 Å². The summed E-state index contributed by atoms with van der Waals surface area (Å²) in [6.07, 6.45) is 1.56.